The summed E-state index contributed by atoms with van der Waals surface area (Å²) in [7, 11) is 3.60. The highest BCUT2D eigenvalue weighted by atomic mass is 16.6. The van der Waals surface area contributed by atoms with Crippen molar-refractivity contribution in [2.45, 2.75) is 73.6 Å². The van der Waals surface area contributed by atoms with E-state index in [1.54, 1.807) is 25.2 Å². The van der Waals surface area contributed by atoms with Crippen molar-refractivity contribution in [1.82, 2.24) is 4.90 Å². The average Bonchev–Trinajstić information content (AvgIpc) is 2.70. The number of rotatable bonds is 10. The molecule has 29 heavy (non-hydrogen) atoms. The van der Waals surface area contributed by atoms with Gasteiger partial charge >= 0.3 is 5.97 Å². The molecule has 0 fully saturated rings. The van der Waals surface area contributed by atoms with Crippen molar-refractivity contribution in [3.63, 3.8) is 0 Å². The highest BCUT2D eigenvalue weighted by molar-refractivity contribution is 5.82. The Kier molecular flexibility index (Phi) is 17.9. The van der Waals surface area contributed by atoms with E-state index in [2.05, 4.69) is 5.16 Å². The lowest BCUT2D eigenvalue weighted by Gasteiger charge is -2.33. The Hall–Kier alpha value is -2.21. The number of hydrogen-bond acceptors (Lipinski definition) is 6. The largest absolute Gasteiger partial charge is 0.460 e. The first-order valence-corrected chi connectivity index (χ1v) is 10.3. The van der Waals surface area contributed by atoms with Crippen LogP contribution in [0.5, 0.6) is 0 Å². The minimum Gasteiger partial charge on any atom is -0.460 e. The van der Waals surface area contributed by atoms with Crippen LogP contribution in [0.4, 0.5) is 0 Å². The Balaban J connectivity index is 0. The van der Waals surface area contributed by atoms with Crippen molar-refractivity contribution < 1.29 is 19.2 Å². The van der Waals surface area contributed by atoms with Crippen molar-refractivity contribution in [2.24, 2.45) is 11.1 Å². The molecular weight excluding hydrogens is 368 g/mol. The van der Waals surface area contributed by atoms with E-state index in [4.69, 9.17) is 9.57 Å². The van der Waals surface area contributed by atoms with Crippen molar-refractivity contribution in [2.75, 3.05) is 14.1 Å². The Bertz CT molecular complexity index is 574. The normalized spacial score (nSPS) is 13.3. The smallest absolute Gasteiger partial charge is 0.302 e. The van der Waals surface area contributed by atoms with Gasteiger partial charge in [0.2, 0.25) is 0 Å². The molecule has 3 atom stereocenters. The lowest BCUT2D eigenvalue weighted by Crippen LogP contribution is -2.49. The summed E-state index contributed by atoms with van der Waals surface area (Å²) in [5.74, 6) is -0.521. The Morgan fingerprint density at radius 2 is 1.62 bits per heavy atom. The molecule has 6 heteroatoms. The molecule has 0 saturated heterocycles. The molecule has 0 amide bonds. The highest BCUT2D eigenvalue weighted by Crippen LogP contribution is 2.19. The van der Waals surface area contributed by atoms with Crippen LogP contribution in [0.15, 0.2) is 35.5 Å². The van der Waals surface area contributed by atoms with E-state index in [0.717, 1.165) is 5.56 Å². The number of carbonyl (C=O) groups is 2. The third kappa shape index (κ3) is 12.8. The van der Waals surface area contributed by atoms with Crippen molar-refractivity contribution in [3.8, 4) is 0 Å². The number of nitrogens with zero attached hydrogens (tertiary/aromatic N) is 2. The Morgan fingerprint density at radius 1 is 1.07 bits per heavy atom. The third-order valence-corrected chi connectivity index (χ3v) is 3.85. The zero-order valence-electron chi connectivity index (χ0n) is 19.6. The summed E-state index contributed by atoms with van der Waals surface area (Å²) in [5, 5.41) is 3.95. The SMILES string of the molecule is CC.CC.CC(=O)OC([C@H](C)C/C=N/OCc1ccccc1)[C@@H](C(C)=O)N(C)C. The summed E-state index contributed by atoms with van der Waals surface area (Å²) in [5.41, 5.74) is 1.04. The Labute approximate surface area is 177 Å². The second-order valence-corrected chi connectivity index (χ2v) is 6.35. The number of carbonyl (C=O) groups excluding carboxylic acids is 2. The molecule has 0 aliphatic heterocycles. The van der Waals surface area contributed by atoms with Crippen LogP contribution >= 0.6 is 0 Å². The molecule has 0 aromatic heterocycles. The second kappa shape index (κ2) is 17.9. The van der Waals surface area contributed by atoms with Crippen LogP contribution < -0.4 is 0 Å². The number of benzene rings is 1. The number of oxime groups is 1. The zero-order valence-corrected chi connectivity index (χ0v) is 19.6. The first-order valence-electron chi connectivity index (χ1n) is 10.3. The van der Waals surface area contributed by atoms with E-state index in [-0.39, 0.29) is 11.7 Å². The van der Waals surface area contributed by atoms with Gasteiger partial charge in [-0.25, -0.2) is 0 Å². The quantitative estimate of drug-likeness (QED) is 0.318. The molecule has 1 rings (SSSR count). The number of esters is 1. The highest BCUT2D eigenvalue weighted by Gasteiger charge is 2.34. The van der Waals surface area contributed by atoms with E-state index in [1.807, 2.05) is 65.0 Å². The molecule has 0 spiro atoms. The first kappa shape index (κ1) is 29.0. The molecule has 0 radical (unpaired) electrons. The van der Waals surface area contributed by atoms with Gasteiger partial charge in [0.05, 0.1) is 0 Å². The van der Waals surface area contributed by atoms with Crippen LogP contribution in [-0.2, 0) is 25.8 Å². The van der Waals surface area contributed by atoms with E-state index in [9.17, 15) is 9.59 Å². The summed E-state index contributed by atoms with van der Waals surface area (Å²) in [4.78, 5) is 30.4. The predicted octanol–water partition coefficient (Wildman–Crippen LogP) is 4.72. The fourth-order valence-corrected chi connectivity index (χ4v) is 2.65. The molecule has 0 aliphatic rings. The van der Waals surface area contributed by atoms with Crippen LogP contribution in [0.25, 0.3) is 0 Å². The summed E-state index contributed by atoms with van der Waals surface area (Å²) in [6.07, 6.45) is 1.65. The standard InChI is InChI=1S/C19H28N2O4.2C2H6/c1-14(11-12-20-24-13-17-9-7-6-8-10-17)19(25-16(3)23)18(15(2)22)21(4)5;2*1-2/h6-10,12,14,18-19H,11,13H2,1-5H3;2*1-2H3/b20-12+;;/t14-,18-,19?;;/m1../s1. The molecule has 1 unspecified atom stereocenters. The monoisotopic (exact) mass is 408 g/mol. The summed E-state index contributed by atoms with van der Waals surface area (Å²) in [6.45, 7) is 13.2. The maximum absolute atomic E-state index is 12.0. The van der Waals surface area contributed by atoms with E-state index < -0.39 is 18.1 Å². The molecule has 0 aliphatic carbocycles. The third-order valence-electron chi connectivity index (χ3n) is 3.85. The van der Waals surface area contributed by atoms with Gasteiger partial charge in [-0.15, -0.1) is 0 Å². The number of Topliss-reactive ketones (excluding diaryl/α,β-unsaturated/α-hetero) is 1. The number of likely N-dealkylation sites (N-methyl/N-ethyl adjacent to an activating group) is 1. The first-order chi connectivity index (χ1) is 13.8. The van der Waals surface area contributed by atoms with Gasteiger partial charge in [-0.1, -0.05) is 70.1 Å². The lowest BCUT2D eigenvalue weighted by molar-refractivity contribution is -0.154. The van der Waals surface area contributed by atoms with Crippen molar-refractivity contribution >= 4 is 18.0 Å². The van der Waals surface area contributed by atoms with Crippen LogP contribution in [0.3, 0.4) is 0 Å². The van der Waals surface area contributed by atoms with E-state index in [1.165, 1.54) is 13.8 Å². The molecule has 1 aromatic rings. The summed E-state index contributed by atoms with van der Waals surface area (Å²) in [6, 6.07) is 9.26. The van der Waals surface area contributed by atoms with Crippen LogP contribution in [-0.4, -0.2) is 49.1 Å². The van der Waals surface area contributed by atoms with Crippen LogP contribution in [0, 0.1) is 5.92 Å². The minimum atomic E-state index is -0.537. The minimum absolute atomic E-state index is 0.0413. The van der Waals surface area contributed by atoms with Crippen LogP contribution in [0.2, 0.25) is 0 Å². The zero-order chi connectivity index (χ0) is 22.8. The van der Waals surface area contributed by atoms with Gasteiger partial charge in [-0.2, -0.15) is 0 Å². The molecule has 166 valence electrons. The molecule has 0 heterocycles. The predicted molar refractivity (Wildman–Crippen MR) is 120 cm³/mol. The maximum Gasteiger partial charge on any atom is 0.302 e. The van der Waals surface area contributed by atoms with Gasteiger partial charge in [0.1, 0.15) is 18.8 Å². The van der Waals surface area contributed by atoms with Gasteiger partial charge in [0, 0.05) is 19.1 Å². The number of ether oxygens (including phenoxy) is 1. The fourth-order valence-electron chi connectivity index (χ4n) is 2.65. The van der Waals surface area contributed by atoms with Gasteiger partial charge < -0.3 is 9.57 Å². The lowest BCUT2D eigenvalue weighted by atomic mass is 9.92. The number of hydrogen-bond donors (Lipinski definition) is 0. The molecule has 0 N–H and O–H groups in total. The van der Waals surface area contributed by atoms with E-state index >= 15 is 0 Å². The molecular formula is C23H40N2O4. The maximum atomic E-state index is 12.0. The average molecular weight is 409 g/mol. The second-order valence-electron chi connectivity index (χ2n) is 6.35. The fraction of sp³-hybridized carbons (Fsp3) is 0.609. The van der Waals surface area contributed by atoms with Gasteiger partial charge in [-0.05, 0) is 33.0 Å². The molecule has 0 saturated carbocycles. The summed E-state index contributed by atoms with van der Waals surface area (Å²) >= 11 is 0. The van der Waals surface area contributed by atoms with Gasteiger partial charge in [-0.3, -0.25) is 14.5 Å². The van der Waals surface area contributed by atoms with Gasteiger partial charge in [0.15, 0.2) is 5.78 Å². The van der Waals surface area contributed by atoms with E-state index in [0.29, 0.717) is 13.0 Å². The van der Waals surface area contributed by atoms with Crippen LogP contribution in [0.1, 0.15) is 60.5 Å². The molecule has 6 nitrogen and oxygen atoms in total. The summed E-state index contributed by atoms with van der Waals surface area (Å²) < 4.78 is 5.42. The molecule has 1 aromatic carbocycles. The number of ketones is 1. The van der Waals surface area contributed by atoms with Crippen molar-refractivity contribution in [3.05, 3.63) is 35.9 Å². The molecule has 0 bridgehead atoms. The van der Waals surface area contributed by atoms with Crippen molar-refractivity contribution in [1.29, 1.82) is 0 Å². The Morgan fingerprint density at radius 3 is 2.07 bits per heavy atom. The van der Waals surface area contributed by atoms with Gasteiger partial charge in [0.25, 0.3) is 0 Å². The topological polar surface area (TPSA) is 68.2 Å².